The molecule has 3 rings (SSSR count). The van der Waals surface area contributed by atoms with E-state index in [4.69, 9.17) is 23.2 Å². The van der Waals surface area contributed by atoms with E-state index >= 15 is 0 Å². The van der Waals surface area contributed by atoms with Crippen LogP contribution in [-0.2, 0) is 32.6 Å². The molecule has 7 nitrogen and oxygen atoms in total. The number of anilines is 1. The first-order valence-electron chi connectivity index (χ1n) is 12.7. The molecule has 0 spiro atoms. The molecule has 0 aliphatic heterocycles. The van der Waals surface area contributed by atoms with Crippen LogP contribution in [0.4, 0.5) is 10.1 Å². The van der Waals surface area contributed by atoms with Crippen molar-refractivity contribution in [2.45, 2.75) is 45.3 Å². The molecule has 2 amide bonds. The Labute approximate surface area is 244 Å². The molecule has 0 heterocycles. The summed E-state index contributed by atoms with van der Waals surface area (Å²) in [5.74, 6) is -1.61. The molecular weight excluding hydrogens is 576 g/mol. The van der Waals surface area contributed by atoms with Gasteiger partial charge in [-0.15, -0.1) is 0 Å². The minimum Gasteiger partial charge on any atom is -0.352 e. The molecule has 3 aromatic rings. The molecule has 0 aliphatic rings. The molecule has 0 aromatic heterocycles. The Morgan fingerprint density at radius 2 is 1.55 bits per heavy atom. The molecule has 0 radical (unpaired) electrons. The Balaban J connectivity index is 2.10. The minimum absolute atomic E-state index is 0.108. The van der Waals surface area contributed by atoms with Crippen LogP contribution < -0.4 is 9.62 Å². The smallest absolute Gasteiger partial charge is 0.244 e. The molecule has 0 saturated heterocycles. The SMILES string of the molecule is CC[C@@H](C)NC(=O)[C@H](Cc1ccccc1)N(Cc1c(Cl)cccc1Cl)C(=O)CN(c1ccc(F)cc1)S(C)(=O)=O. The van der Waals surface area contributed by atoms with Gasteiger partial charge in [0.2, 0.25) is 21.8 Å². The highest BCUT2D eigenvalue weighted by molar-refractivity contribution is 7.92. The maximum atomic E-state index is 14.0. The number of hydrogen-bond donors (Lipinski definition) is 1. The summed E-state index contributed by atoms with van der Waals surface area (Å²) in [6, 6.07) is 17.7. The first-order chi connectivity index (χ1) is 18.9. The lowest BCUT2D eigenvalue weighted by atomic mass is 10.0. The Morgan fingerprint density at radius 1 is 0.950 bits per heavy atom. The van der Waals surface area contributed by atoms with Crippen LogP contribution in [0.2, 0.25) is 10.0 Å². The molecule has 2 atom stereocenters. The Hall–Kier alpha value is -3.14. The van der Waals surface area contributed by atoms with Crippen LogP contribution in [0, 0.1) is 5.82 Å². The van der Waals surface area contributed by atoms with Gasteiger partial charge in [0.25, 0.3) is 0 Å². The predicted octanol–water partition coefficient (Wildman–Crippen LogP) is 5.45. The number of nitrogens with zero attached hydrogens (tertiary/aromatic N) is 2. The maximum Gasteiger partial charge on any atom is 0.244 e. The van der Waals surface area contributed by atoms with Crippen molar-refractivity contribution >= 4 is 50.7 Å². The Morgan fingerprint density at radius 3 is 2.10 bits per heavy atom. The maximum absolute atomic E-state index is 14.0. The van der Waals surface area contributed by atoms with E-state index in [1.165, 1.54) is 17.0 Å². The fraction of sp³-hybridized carbons (Fsp3) is 0.310. The summed E-state index contributed by atoms with van der Waals surface area (Å²) in [4.78, 5) is 29.0. The number of benzene rings is 3. The zero-order chi connectivity index (χ0) is 29.4. The van der Waals surface area contributed by atoms with Gasteiger partial charge in [-0.2, -0.15) is 0 Å². The van der Waals surface area contributed by atoms with Gasteiger partial charge in [-0.1, -0.05) is 66.5 Å². The first-order valence-corrected chi connectivity index (χ1v) is 15.3. The molecule has 214 valence electrons. The quantitative estimate of drug-likeness (QED) is 0.296. The van der Waals surface area contributed by atoms with Gasteiger partial charge in [-0.3, -0.25) is 13.9 Å². The second-order valence-corrected chi connectivity index (χ2v) is 12.2. The second-order valence-electron chi connectivity index (χ2n) is 9.49. The summed E-state index contributed by atoms with van der Waals surface area (Å²) in [6.07, 6.45) is 1.78. The van der Waals surface area contributed by atoms with Gasteiger partial charge in [0, 0.05) is 34.6 Å². The highest BCUT2D eigenvalue weighted by Gasteiger charge is 2.34. The summed E-state index contributed by atoms with van der Waals surface area (Å²) in [7, 11) is -3.97. The number of carbonyl (C=O) groups excluding carboxylic acids is 2. The van der Waals surface area contributed by atoms with Gasteiger partial charge in [-0.05, 0) is 55.3 Å². The molecule has 0 unspecified atom stereocenters. The summed E-state index contributed by atoms with van der Waals surface area (Å²) in [5, 5.41) is 3.54. The van der Waals surface area contributed by atoms with Gasteiger partial charge in [-0.25, -0.2) is 12.8 Å². The first kappa shape index (κ1) is 31.4. The third-order valence-electron chi connectivity index (χ3n) is 6.46. The number of hydrogen-bond acceptors (Lipinski definition) is 4. The van der Waals surface area contributed by atoms with Crippen LogP contribution in [0.5, 0.6) is 0 Å². The van der Waals surface area contributed by atoms with Crippen molar-refractivity contribution in [2.75, 3.05) is 17.1 Å². The standard InChI is InChI=1S/C29H32Cl2FN3O4S/c1-4-20(2)33-29(37)27(17-21-9-6-5-7-10-21)34(18-24-25(30)11-8-12-26(24)31)28(36)19-35(40(3,38)39)23-15-13-22(32)14-16-23/h5-16,20,27H,4,17-19H2,1-3H3,(H,33,37)/t20-,27+/m1/s1. The Bertz CT molecular complexity index is 1400. The van der Waals surface area contributed by atoms with E-state index in [0.717, 1.165) is 28.3 Å². The highest BCUT2D eigenvalue weighted by atomic mass is 35.5. The van der Waals surface area contributed by atoms with Crippen molar-refractivity contribution < 1.29 is 22.4 Å². The van der Waals surface area contributed by atoms with Gasteiger partial charge in [0.1, 0.15) is 18.4 Å². The van der Waals surface area contributed by atoms with Crippen LogP contribution in [0.15, 0.2) is 72.8 Å². The van der Waals surface area contributed by atoms with Gasteiger partial charge < -0.3 is 10.2 Å². The summed E-state index contributed by atoms with van der Waals surface area (Å²) < 4.78 is 40.0. The third kappa shape index (κ3) is 8.43. The van der Waals surface area contributed by atoms with E-state index in [2.05, 4.69) is 5.32 Å². The molecule has 1 N–H and O–H groups in total. The number of amides is 2. The van der Waals surface area contributed by atoms with Crippen LogP contribution >= 0.6 is 23.2 Å². The molecule has 11 heteroatoms. The number of carbonyl (C=O) groups is 2. The normalized spacial score (nSPS) is 12.8. The van der Waals surface area contributed by atoms with Crippen molar-refractivity contribution in [1.82, 2.24) is 10.2 Å². The summed E-state index contributed by atoms with van der Waals surface area (Å²) in [5.41, 5.74) is 1.33. The fourth-order valence-electron chi connectivity index (χ4n) is 4.07. The lowest BCUT2D eigenvalue weighted by Gasteiger charge is -2.34. The molecule has 0 aliphatic carbocycles. The topological polar surface area (TPSA) is 86.8 Å². The predicted molar refractivity (Wildman–Crippen MR) is 157 cm³/mol. The third-order valence-corrected chi connectivity index (χ3v) is 8.30. The van der Waals surface area contributed by atoms with Crippen molar-refractivity contribution in [1.29, 1.82) is 0 Å². The Kier molecular flexibility index (Phi) is 11.0. The van der Waals surface area contributed by atoms with Gasteiger partial charge in [0.15, 0.2) is 0 Å². The monoisotopic (exact) mass is 607 g/mol. The molecule has 0 bridgehead atoms. The molecule has 3 aromatic carbocycles. The molecule has 0 fully saturated rings. The van der Waals surface area contributed by atoms with E-state index in [1.807, 2.05) is 44.2 Å². The fourth-order valence-corrected chi connectivity index (χ4v) is 5.44. The second kappa shape index (κ2) is 14.0. The van der Waals surface area contributed by atoms with Crippen LogP contribution in [-0.4, -0.2) is 50.0 Å². The number of rotatable bonds is 12. The minimum atomic E-state index is -3.97. The van der Waals surface area contributed by atoms with Crippen molar-refractivity contribution in [3.05, 3.63) is 99.8 Å². The lowest BCUT2D eigenvalue weighted by Crippen LogP contribution is -2.54. The van der Waals surface area contributed by atoms with Gasteiger partial charge in [0.05, 0.1) is 11.9 Å². The highest BCUT2D eigenvalue weighted by Crippen LogP contribution is 2.28. The molecule has 40 heavy (non-hydrogen) atoms. The number of halogens is 3. The van der Waals surface area contributed by atoms with E-state index in [1.54, 1.807) is 18.2 Å². The van der Waals surface area contributed by atoms with Gasteiger partial charge >= 0.3 is 0 Å². The zero-order valence-corrected chi connectivity index (χ0v) is 24.8. The number of nitrogens with one attached hydrogen (secondary N) is 1. The largest absolute Gasteiger partial charge is 0.352 e. The average Bonchev–Trinajstić information content (AvgIpc) is 2.91. The average molecular weight is 609 g/mol. The lowest BCUT2D eigenvalue weighted by molar-refractivity contribution is -0.140. The van der Waals surface area contributed by atoms with E-state index in [0.29, 0.717) is 22.0 Å². The number of sulfonamides is 1. The molecule has 0 saturated carbocycles. The van der Waals surface area contributed by atoms with Crippen molar-refractivity contribution in [2.24, 2.45) is 0 Å². The van der Waals surface area contributed by atoms with E-state index in [-0.39, 0.29) is 24.7 Å². The van der Waals surface area contributed by atoms with Crippen LogP contribution in [0.1, 0.15) is 31.4 Å². The molecular formula is C29H32Cl2FN3O4S. The van der Waals surface area contributed by atoms with E-state index < -0.39 is 40.2 Å². The zero-order valence-electron chi connectivity index (χ0n) is 22.5. The van der Waals surface area contributed by atoms with Crippen molar-refractivity contribution in [3.8, 4) is 0 Å². The van der Waals surface area contributed by atoms with Crippen LogP contribution in [0.3, 0.4) is 0 Å². The van der Waals surface area contributed by atoms with Crippen molar-refractivity contribution in [3.63, 3.8) is 0 Å². The summed E-state index contributed by atoms with van der Waals surface area (Å²) >= 11 is 12.9. The summed E-state index contributed by atoms with van der Waals surface area (Å²) in [6.45, 7) is 3.00. The van der Waals surface area contributed by atoms with Crippen LogP contribution in [0.25, 0.3) is 0 Å². The van der Waals surface area contributed by atoms with E-state index in [9.17, 15) is 22.4 Å².